The lowest BCUT2D eigenvalue weighted by molar-refractivity contribution is -0.114. The van der Waals surface area contributed by atoms with E-state index in [1.807, 2.05) is 0 Å². The minimum atomic E-state index is -0.940. The van der Waals surface area contributed by atoms with Crippen LogP contribution in [0.15, 0.2) is 36.4 Å². The van der Waals surface area contributed by atoms with Crippen LogP contribution in [0.25, 0.3) is 0 Å². The summed E-state index contributed by atoms with van der Waals surface area (Å²) in [6.07, 6.45) is 0.788. The average molecular weight is 467 g/mol. The Bertz CT molecular complexity index is 992. The molecule has 0 bridgehead atoms. The van der Waals surface area contributed by atoms with E-state index in [-0.39, 0.29) is 23.8 Å². The Hall–Kier alpha value is -2.42. The van der Waals surface area contributed by atoms with Gasteiger partial charge in [-0.15, -0.1) is 0 Å². The second-order valence-corrected chi connectivity index (χ2v) is 8.65. The number of aliphatic hydroxyl groups is 1. The first-order chi connectivity index (χ1) is 15.3. The standard InChI is InChI=1S/C23H25ClF2N2O4/c1-13(29)27-19-10-14(24)2-6-21(19)32-22-7-5-20(23(22)30)28-9-8-16(12-28)31-15-3-4-17(25)18(26)11-15/h2-4,6,10-11,16,20,22-23,30H,5,7-9,12H2,1H3,(H,27,29). The fourth-order valence-electron chi connectivity index (χ4n) is 4.40. The number of hydrogen-bond acceptors (Lipinski definition) is 5. The zero-order chi connectivity index (χ0) is 22.8. The molecule has 32 heavy (non-hydrogen) atoms. The van der Waals surface area contributed by atoms with Gasteiger partial charge in [0.15, 0.2) is 11.6 Å². The van der Waals surface area contributed by atoms with Gasteiger partial charge in [0.2, 0.25) is 5.91 Å². The van der Waals surface area contributed by atoms with Crippen LogP contribution >= 0.6 is 11.6 Å². The molecule has 1 saturated carbocycles. The number of carbonyl (C=O) groups excluding carboxylic acids is 1. The molecule has 1 aliphatic heterocycles. The summed E-state index contributed by atoms with van der Waals surface area (Å²) in [5.41, 5.74) is 0.460. The molecule has 2 aliphatic rings. The molecule has 1 amide bonds. The highest BCUT2D eigenvalue weighted by Crippen LogP contribution is 2.35. The summed E-state index contributed by atoms with van der Waals surface area (Å²) in [4.78, 5) is 13.6. The van der Waals surface area contributed by atoms with E-state index in [0.29, 0.717) is 29.4 Å². The molecule has 2 aromatic rings. The number of aliphatic hydroxyl groups excluding tert-OH is 1. The van der Waals surface area contributed by atoms with Gasteiger partial charge in [-0.1, -0.05) is 11.6 Å². The lowest BCUT2D eigenvalue weighted by Crippen LogP contribution is -2.44. The van der Waals surface area contributed by atoms with Crippen molar-refractivity contribution in [2.45, 2.75) is 50.5 Å². The Labute approximate surface area is 190 Å². The highest BCUT2D eigenvalue weighted by molar-refractivity contribution is 6.31. The van der Waals surface area contributed by atoms with Gasteiger partial charge in [-0.05, 0) is 49.6 Å². The Balaban J connectivity index is 1.36. The third kappa shape index (κ3) is 5.14. The largest absolute Gasteiger partial charge is 0.489 e. The van der Waals surface area contributed by atoms with Gasteiger partial charge in [0.05, 0.1) is 5.69 Å². The van der Waals surface area contributed by atoms with Gasteiger partial charge in [-0.2, -0.15) is 0 Å². The van der Waals surface area contributed by atoms with E-state index < -0.39 is 23.8 Å². The second kappa shape index (κ2) is 9.60. The van der Waals surface area contributed by atoms with E-state index in [2.05, 4.69) is 10.2 Å². The number of rotatable bonds is 6. The molecule has 2 aromatic carbocycles. The van der Waals surface area contributed by atoms with E-state index in [0.717, 1.165) is 31.5 Å². The molecule has 2 fully saturated rings. The number of halogens is 3. The number of likely N-dealkylation sites (tertiary alicyclic amines) is 1. The van der Waals surface area contributed by atoms with Gasteiger partial charge in [0.1, 0.15) is 29.8 Å². The van der Waals surface area contributed by atoms with Gasteiger partial charge in [0.25, 0.3) is 0 Å². The van der Waals surface area contributed by atoms with Crippen LogP contribution in [-0.4, -0.2) is 53.4 Å². The zero-order valence-corrected chi connectivity index (χ0v) is 18.3. The van der Waals surface area contributed by atoms with Gasteiger partial charge >= 0.3 is 0 Å². The first-order valence-corrected chi connectivity index (χ1v) is 11.0. The number of anilines is 1. The van der Waals surface area contributed by atoms with Crippen molar-refractivity contribution in [2.75, 3.05) is 18.4 Å². The minimum Gasteiger partial charge on any atom is -0.489 e. The van der Waals surface area contributed by atoms with Crippen LogP contribution in [0.4, 0.5) is 14.5 Å². The van der Waals surface area contributed by atoms with Crippen molar-refractivity contribution in [2.24, 2.45) is 0 Å². The number of hydrogen-bond donors (Lipinski definition) is 2. The smallest absolute Gasteiger partial charge is 0.221 e. The van der Waals surface area contributed by atoms with E-state index in [1.165, 1.54) is 13.0 Å². The van der Waals surface area contributed by atoms with Crippen LogP contribution in [-0.2, 0) is 4.79 Å². The molecule has 4 unspecified atom stereocenters. The molecule has 2 N–H and O–H groups in total. The molecular weight excluding hydrogens is 442 g/mol. The van der Waals surface area contributed by atoms with Crippen LogP contribution in [0.2, 0.25) is 5.02 Å². The lowest BCUT2D eigenvalue weighted by atomic mass is 10.1. The molecule has 9 heteroatoms. The van der Waals surface area contributed by atoms with E-state index >= 15 is 0 Å². The number of ether oxygens (including phenoxy) is 2. The minimum absolute atomic E-state index is 0.102. The van der Waals surface area contributed by atoms with Crippen molar-refractivity contribution >= 4 is 23.2 Å². The summed E-state index contributed by atoms with van der Waals surface area (Å²) in [7, 11) is 0. The molecule has 4 rings (SSSR count). The van der Waals surface area contributed by atoms with Crippen molar-refractivity contribution in [3.63, 3.8) is 0 Å². The zero-order valence-electron chi connectivity index (χ0n) is 17.6. The van der Waals surface area contributed by atoms with Crippen molar-refractivity contribution < 1.29 is 28.2 Å². The van der Waals surface area contributed by atoms with Crippen LogP contribution in [0.3, 0.4) is 0 Å². The predicted molar refractivity (Wildman–Crippen MR) is 116 cm³/mol. The van der Waals surface area contributed by atoms with E-state index in [1.54, 1.807) is 18.2 Å². The van der Waals surface area contributed by atoms with Gasteiger partial charge in [0, 0.05) is 37.1 Å². The van der Waals surface area contributed by atoms with Crippen molar-refractivity contribution in [1.82, 2.24) is 4.90 Å². The number of carbonyl (C=O) groups is 1. The quantitative estimate of drug-likeness (QED) is 0.673. The van der Waals surface area contributed by atoms with Crippen LogP contribution < -0.4 is 14.8 Å². The number of amides is 1. The first-order valence-electron chi connectivity index (χ1n) is 10.6. The fraction of sp³-hybridized carbons (Fsp3) is 0.435. The molecule has 1 heterocycles. The van der Waals surface area contributed by atoms with Crippen molar-refractivity contribution in [3.8, 4) is 11.5 Å². The Morgan fingerprint density at radius 2 is 1.94 bits per heavy atom. The molecule has 4 atom stereocenters. The summed E-state index contributed by atoms with van der Waals surface area (Å²) in [6, 6.07) is 8.36. The maximum Gasteiger partial charge on any atom is 0.221 e. The van der Waals surface area contributed by atoms with Crippen molar-refractivity contribution in [1.29, 1.82) is 0 Å². The second-order valence-electron chi connectivity index (χ2n) is 8.21. The van der Waals surface area contributed by atoms with Gasteiger partial charge < -0.3 is 19.9 Å². The Kier molecular flexibility index (Phi) is 6.83. The fourth-order valence-corrected chi connectivity index (χ4v) is 4.57. The molecule has 1 saturated heterocycles. The SMILES string of the molecule is CC(=O)Nc1cc(Cl)ccc1OC1CCC(N2CCC(Oc3ccc(F)c(F)c3)C2)C1O. The molecule has 0 spiro atoms. The highest BCUT2D eigenvalue weighted by atomic mass is 35.5. The monoisotopic (exact) mass is 466 g/mol. The summed E-state index contributed by atoms with van der Waals surface area (Å²) < 4.78 is 38.4. The van der Waals surface area contributed by atoms with Gasteiger partial charge in [-0.3, -0.25) is 9.69 Å². The maximum atomic E-state index is 13.4. The Morgan fingerprint density at radius 3 is 2.69 bits per heavy atom. The highest BCUT2D eigenvalue weighted by Gasteiger charge is 2.42. The topological polar surface area (TPSA) is 71.0 Å². The first kappa shape index (κ1) is 22.8. The van der Waals surface area contributed by atoms with Crippen LogP contribution in [0.5, 0.6) is 11.5 Å². The lowest BCUT2D eigenvalue weighted by Gasteiger charge is -2.28. The van der Waals surface area contributed by atoms with E-state index in [9.17, 15) is 18.7 Å². The van der Waals surface area contributed by atoms with Gasteiger partial charge in [-0.25, -0.2) is 8.78 Å². The molecular formula is C23H25ClF2N2O4. The van der Waals surface area contributed by atoms with Crippen molar-refractivity contribution in [3.05, 3.63) is 53.1 Å². The molecule has 172 valence electrons. The maximum absolute atomic E-state index is 13.4. The predicted octanol–water partition coefficient (Wildman–Crippen LogP) is 4.00. The molecule has 6 nitrogen and oxygen atoms in total. The summed E-state index contributed by atoms with van der Waals surface area (Å²) >= 11 is 6.03. The number of benzene rings is 2. The normalized spacial score (nSPS) is 25.7. The molecule has 0 radical (unpaired) electrons. The molecule has 1 aliphatic carbocycles. The third-order valence-electron chi connectivity index (χ3n) is 5.89. The summed E-state index contributed by atoms with van der Waals surface area (Å²) in [6.45, 7) is 2.70. The summed E-state index contributed by atoms with van der Waals surface area (Å²) in [5.74, 6) is -1.35. The number of nitrogens with one attached hydrogen (secondary N) is 1. The average Bonchev–Trinajstić information content (AvgIpc) is 3.33. The van der Waals surface area contributed by atoms with E-state index in [4.69, 9.17) is 21.1 Å². The third-order valence-corrected chi connectivity index (χ3v) is 6.13. The molecule has 0 aromatic heterocycles. The number of nitrogens with zero attached hydrogens (tertiary/aromatic N) is 1. The van der Waals surface area contributed by atoms with Crippen LogP contribution in [0, 0.1) is 11.6 Å². The Morgan fingerprint density at radius 1 is 1.12 bits per heavy atom. The van der Waals surface area contributed by atoms with Crippen LogP contribution in [0.1, 0.15) is 26.2 Å². The summed E-state index contributed by atoms with van der Waals surface area (Å²) in [5, 5.41) is 14.1.